The number of methoxy groups -OCH3 is 2. The van der Waals surface area contributed by atoms with E-state index in [1.807, 2.05) is 36.4 Å². The zero-order valence-electron chi connectivity index (χ0n) is 25.6. The number of hydrogen-bond donors (Lipinski definition) is 2. The predicted octanol–water partition coefficient (Wildman–Crippen LogP) is 5.27. The van der Waals surface area contributed by atoms with Crippen LogP contribution in [-0.4, -0.2) is 73.2 Å². The highest BCUT2D eigenvalue weighted by molar-refractivity contribution is 5.93. The summed E-state index contributed by atoms with van der Waals surface area (Å²) in [5, 5.41) is 6.81. The first-order valence-corrected chi connectivity index (χ1v) is 14.8. The first-order chi connectivity index (χ1) is 20.4. The lowest BCUT2D eigenvalue weighted by atomic mass is 10.1. The molecule has 0 aliphatic carbocycles. The maximum absolute atomic E-state index is 12.1. The molecule has 0 fully saturated rings. The summed E-state index contributed by atoms with van der Waals surface area (Å²) in [6, 6.07) is 10.6. The molecule has 1 atom stereocenters. The Kier molecular flexibility index (Phi) is 13.3. The van der Waals surface area contributed by atoms with Crippen LogP contribution in [0.2, 0.25) is 0 Å². The highest BCUT2D eigenvalue weighted by atomic mass is 16.5. The number of nitrogens with one attached hydrogen (secondary N) is 2. The van der Waals surface area contributed by atoms with Crippen LogP contribution >= 0.6 is 0 Å². The number of hydrogen-bond acceptors (Lipinski definition) is 9. The van der Waals surface area contributed by atoms with E-state index in [1.165, 1.54) is 46.0 Å². The van der Waals surface area contributed by atoms with Crippen LogP contribution in [0.3, 0.4) is 0 Å². The highest BCUT2D eigenvalue weighted by Gasteiger charge is 2.20. The average Bonchev–Trinajstić information content (AvgIpc) is 2.99. The van der Waals surface area contributed by atoms with Crippen molar-refractivity contribution < 1.29 is 23.8 Å². The van der Waals surface area contributed by atoms with Gasteiger partial charge in [0.1, 0.15) is 18.2 Å². The molecule has 1 heterocycles. The van der Waals surface area contributed by atoms with Crippen LogP contribution in [0.1, 0.15) is 58.4 Å². The molecule has 10 heteroatoms. The lowest BCUT2D eigenvalue weighted by molar-refractivity contribution is -0.144. The summed E-state index contributed by atoms with van der Waals surface area (Å²) in [6.07, 6.45) is 7.58. The second-order valence-electron chi connectivity index (χ2n) is 10.3. The maximum Gasteiger partial charge on any atom is 0.328 e. The number of aromatic nitrogens is 2. The van der Waals surface area contributed by atoms with Gasteiger partial charge >= 0.3 is 5.97 Å². The molecule has 0 saturated carbocycles. The predicted molar refractivity (Wildman–Crippen MR) is 166 cm³/mol. The number of nitrogens with zero attached hydrogens (tertiary/aromatic N) is 3. The van der Waals surface area contributed by atoms with E-state index in [0.717, 1.165) is 48.2 Å². The fourth-order valence-electron chi connectivity index (χ4n) is 4.68. The standard InChI is InChI=1S/C32H45N5O5/c1-6-8-15-37(16-9-7-2)17-10-18-42-30-20-26-27(21-29(30)40-4)33-22-34-31(26)36-25-13-11-24(12-14-25)19-28(32(39)41-5)35-23(3)38/h11-14,20-22,28H,6-10,15-19H2,1-5H3,(H,35,38)(H,33,34,36)/t28-/m1/s1. The SMILES string of the molecule is CCCCN(CCCC)CCCOc1cc2c(Nc3ccc(C[C@@H](NC(C)=O)C(=O)OC)cc3)ncnc2cc1OC. The molecule has 1 aromatic heterocycles. The molecular weight excluding hydrogens is 534 g/mol. The number of carbonyl (C=O) groups is 2. The third-order valence-corrected chi connectivity index (χ3v) is 6.97. The lowest BCUT2D eigenvalue weighted by Crippen LogP contribution is -2.41. The molecule has 0 spiro atoms. The third-order valence-electron chi connectivity index (χ3n) is 6.97. The van der Waals surface area contributed by atoms with Gasteiger partial charge in [0.25, 0.3) is 0 Å². The number of anilines is 2. The quantitative estimate of drug-likeness (QED) is 0.154. The first-order valence-electron chi connectivity index (χ1n) is 14.8. The molecule has 2 N–H and O–H groups in total. The van der Waals surface area contributed by atoms with Crippen molar-refractivity contribution in [3.63, 3.8) is 0 Å². The van der Waals surface area contributed by atoms with E-state index in [0.29, 0.717) is 30.3 Å². The molecule has 0 radical (unpaired) electrons. The van der Waals surface area contributed by atoms with E-state index in [9.17, 15) is 9.59 Å². The summed E-state index contributed by atoms with van der Waals surface area (Å²) in [4.78, 5) is 35.0. The molecule has 0 aliphatic heterocycles. The van der Waals surface area contributed by atoms with Gasteiger partial charge in [-0.05, 0) is 56.1 Å². The van der Waals surface area contributed by atoms with Gasteiger partial charge in [-0.15, -0.1) is 0 Å². The van der Waals surface area contributed by atoms with Crippen molar-refractivity contribution >= 4 is 34.3 Å². The van der Waals surface area contributed by atoms with Crippen molar-refractivity contribution in [1.82, 2.24) is 20.2 Å². The Labute approximate surface area is 249 Å². The molecule has 10 nitrogen and oxygen atoms in total. The minimum Gasteiger partial charge on any atom is -0.493 e. The van der Waals surface area contributed by atoms with E-state index in [-0.39, 0.29) is 5.91 Å². The van der Waals surface area contributed by atoms with Gasteiger partial charge in [-0.2, -0.15) is 0 Å². The number of amides is 1. The second-order valence-corrected chi connectivity index (χ2v) is 10.3. The summed E-state index contributed by atoms with van der Waals surface area (Å²) >= 11 is 0. The molecule has 228 valence electrons. The second kappa shape index (κ2) is 17.1. The number of benzene rings is 2. The number of esters is 1. The fraction of sp³-hybridized carbons (Fsp3) is 0.500. The van der Waals surface area contributed by atoms with Gasteiger partial charge in [0.2, 0.25) is 5.91 Å². The number of rotatable bonds is 18. The van der Waals surface area contributed by atoms with Gasteiger partial charge in [-0.25, -0.2) is 14.8 Å². The van der Waals surface area contributed by atoms with E-state index in [2.05, 4.69) is 39.3 Å². The molecule has 1 amide bonds. The summed E-state index contributed by atoms with van der Waals surface area (Å²) < 4.78 is 16.6. The van der Waals surface area contributed by atoms with Gasteiger partial charge in [0.15, 0.2) is 11.5 Å². The normalized spacial score (nSPS) is 11.8. The minimum atomic E-state index is -0.749. The van der Waals surface area contributed by atoms with Crippen LogP contribution in [0.5, 0.6) is 11.5 Å². The number of carbonyl (C=O) groups excluding carboxylic acids is 2. The van der Waals surface area contributed by atoms with Gasteiger partial charge in [0.05, 0.1) is 26.3 Å². The molecule has 0 unspecified atom stereocenters. The molecule has 42 heavy (non-hydrogen) atoms. The Morgan fingerprint density at radius 3 is 2.24 bits per heavy atom. The monoisotopic (exact) mass is 579 g/mol. The maximum atomic E-state index is 12.1. The lowest BCUT2D eigenvalue weighted by Gasteiger charge is -2.22. The van der Waals surface area contributed by atoms with Crippen molar-refractivity contribution in [1.29, 1.82) is 0 Å². The molecule has 0 bridgehead atoms. The van der Waals surface area contributed by atoms with Crippen molar-refractivity contribution in [2.24, 2.45) is 0 Å². The minimum absolute atomic E-state index is 0.291. The van der Waals surface area contributed by atoms with Crippen molar-refractivity contribution in [2.45, 2.75) is 65.3 Å². The smallest absolute Gasteiger partial charge is 0.328 e. The average molecular weight is 580 g/mol. The van der Waals surface area contributed by atoms with Gasteiger partial charge in [-0.3, -0.25) is 4.79 Å². The number of unbranched alkanes of at least 4 members (excludes halogenated alkanes) is 2. The van der Waals surface area contributed by atoms with Crippen molar-refractivity contribution in [2.75, 3.05) is 45.8 Å². The molecule has 3 aromatic rings. The topological polar surface area (TPSA) is 115 Å². The van der Waals surface area contributed by atoms with E-state index in [4.69, 9.17) is 14.2 Å². The van der Waals surface area contributed by atoms with Crippen LogP contribution in [0, 0.1) is 0 Å². The van der Waals surface area contributed by atoms with Crippen LogP contribution in [0.25, 0.3) is 10.9 Å². The number of fused-ring (bicyclic) bond motifs is 1. The Morgan fingerprint density at radius 2 is 1.62 bits per heavy atom. The van der Waals surface area contributed by atoms with Crippen LogP contribution in [-0.2, 0) is 20.7 Å². The summed E-state index contributed by atoms with van der Waals surface area (Å²) in [7, 11) is 2.93. The highest BCUT2D eigenvalue weighted by Crippen LogP contribution is 2.35. The zero-order valence-corrected chi connectivity index (χ0v) is 25.6. The Hall–Kier alpha value is -3.92. The molecule has 0 aliphatic rings. The molecule has 2 aromatic carbocycles. The van der Waals surface area contributed by atoms with E-state index < -0.39 is 12.0 Å². The van der Waals surface area contributed by atoms with Gasteiger partial charge in [0, 0.05) is 37.0 Å². The van der Waals surface area contributed by atoms with Crippen molar-refractivity contribution in [3.05, 3.63) is 48.3 Å². The van der Waals surface area contributed by atoms with Crippen LogP contribution < -0.4 is 20.1 Å². The molecule has 0 saturated heterocycles. The first kappa shape index (κ1) is 32.6. The fourth-order valence-corrected chi connectivity index (χ4v) is 4.68. The zero-order chi connectivity index (χ0) is 30.3. The summed E-state index contributed by atoms with van der Waals surface area (Å²) in [5.41, 5.74) is 2.42. The van der Waals surface area contributed by atoms with Crippen LogP contribution in [0.15, 0.2) is 42.7 Å². The summed E-state index contributed by atoms with van der Waals surface area (Å²) in [6.45, 7) is 9.68. The van der Waals surface area contributed by atoms with Gasteiger partial charge in [-0.1, -0.05) is 38.8 Å². The Balaban J connectivity index is 1.70. The van der Waals surface area contributed by atoms with Gasteiger partial charge < -0.3 is 29.7 Å². The summed E-state index contributed by atoms with van der Waals surface area (Å²) in [5.74, 6) is 1.14. The van der Waals surface area contributed by atoms with Crippen LogP contribution in [0.4, 0.5) is 11.5 Å². The Morgan fingerprint density at radius 1 is 0.929 bits per heavy atom. The third kappa shape index (κ3) is 9.87. The van der Waals surface area contributed by atoms with E-state index >= 15 is 0 Å². The molecular formula is C32H45N5O5. The van der Waals surface area contributed by atoms with Crippen molar-refractivity contribution in [3.8, 4) is 11.5 Å². The van der Waals surface area contributed by atoms with E-state index in [1.54, 1.807) is 7.11 Å². The largest absolute Gasteiger partial charge is 0.493 e. The Bertz CT molecular complexity index is 1280. The molecule has 3 rings (SSSR count). The number of ether oxygens (including phenoxy) is 3.